The van der Waals surface area contributed by atoms with E-state index in [9.17, 15) is 13.2 Å². The Morgan fingerprint density at radius 3 is 2.24 bits per heavy atom. The summed E-state index contributed by atoms with van der Waals surface area (Å²) in [5, 5.41) is 0. The zero-order chi connectivity index (χ0) is 13.3. The number of rotatable bonds is 2. The maximum atomic E-state index is 12.5. The van der Waals surface area contributed by atoms with E-state index in [0.29, 0.717) is 5.75 Å². The van der Waals surface area contributed by atoms with Crippen molar-refractivity contribution in [3.63, 3.8) is 0 Å². The molecule has 0 N–H and O–H groups in total. The molecule has 17 heavy (non-hydrogen) atoms. The SMILES string of the molecule is C=C(c1cccc(OC(C)(C)C)c1)C(F)(F)F. The fraction of sp³-hybridized carbons (Fsp3) is 0.385. The molecule has 0 unspecified atom stereocenters. The number of alkyl halides is 3. The maximum absolute atomic E-state index is 12.5. The Morgan fingerprint density at radius 1 is 1.18 bits per heavy atom. The van der Waals surface area contributed by atoms with Gasteiger partial charge in [-0.3, -0.25) is 0 Å². The minimum atomic E-state index is -4.42. The normalized spacial score (nSPS) is 12.4. The molecule has 1 nitrogen and oxygen atoms in total. The fourth-order valence-electron chi connectivity index (χ4n) is 1.26. The topological polar surface area (TPSA) is 9.23 Å². The third-order valence-electron chi connectivity index (χ3n) is 1.95. The average Bonchev–Trinajstić information content (AvgIpc) is 2.12. The van der Waals surface area contributed by atoms with E-state index in [1.54, 1.807) is 6.07 Å². The Balaban J connectivity index is 2.98. The second-order valence-corrected chi connectivity index (χ2v) is 4.72. The van der Waals surface area contributed by atoms with Gasteiger partial charge in [-0.05, 0) is 38.5 Å². The Kier molecular flexibility index (Phi) is 3.55. The lowest BCUT2D eigenvalue weighted by molar-refractivity contribution is -0.0686. The number of allylic oxidation sites excluding steroid dienone is 1. The van der Waals surface area contributed by atoms with Gasteiger partial charge in [0.1, 0.15) is 11.4 Å². The molecule has 0 aliphatic rings. The number of hydrogen-bond donors (Lipinski definition) is 0. The average molecular weight is 244 g/mol. The van der Waals surface area contributed by atoms with Crippen molar-refractivity contribution in [3.8, 4) is 5.75 Å². The van der Waals surface area contributed by atoms with E-state index in [0.717, 1.165) is 0 Å². The summed E-state index contributed by atoms with van der Waals surface area (Å²) in [6.45, 7) is 8.55. The predicted molar refractivity (Wildman–Crippen MR) is 61.9 cm³/mol. The lowest BCUT2D eigenvalue weighted by Crippen LogP contribution is -2.23. The minimum Gasteiger partial charge on any atom is -0.488 e. The van der Waals surface area contributed by atoms with E-state index in [1.165, 1.54) is 18.2 Å². The summed E-state index contributed by atoms with van der Waals surface area (Å²) in [5.74, 6) is 0.403. The molecule has 0 spiro atoms. The predicted octanol–water partition coefficient (Wildman–Crippen LogP) is 4.44. The van der Waals surface area contributed by atoms with Crippen molar-refractivity contribution >= 4 is 5.57 Å². The zero-order valence-electron chi connectivity index (χ0n) is 10.1. The van der Waals surface area contributed by atoms with Gasteiger partial charge in [0.15, 0.2) is 0 Å². The number of ether oxygens (including phenoxy) is 1. The summed E-state index contributed by atoms with van der Waals surface area (Å²) in [7, 11) is 0. The van der Waals surface area contributed by atoms with Crippen LogP contribution in [-0.2, 0) is 0 Å². The molecule has 0 saturated carbocycles. The first-order valence-corrected chi connectivity index (χ1v) is 5.15. The Bertz CT molecular complexity index is 413. The van der Waals surface area contributed by atoms with Crippen LogP contribution in [0.3, 0.4) is 0 Å². The summed E-state index contributed by atoms with van der Waals surface area (Å²) in [6, 6.07) is 5.86. The molecular weight excluding hydrogens is 229 g/mol. The van der Waals surface area contributed by atoms with Crippen LogP contribution in [0.1, 0.15) is 26.3 Å². The molecule has 4 heteroatoms. The smallest absolute Gasteiger partial charge is 0.416 e. The Labute approximate surface area is 98.9 Å². The summed E-state index contributed by atoms with van der Waals surface area (Å²) in [6.07, 6.45) is -4.42. The van der Waals surface area contributed by atoms with E-state index < -0.39 is 17.4 Å². The highest BCUT2D eigenvalue weighted by atomic mass is 19.4. The summed E-state index contributed by atoms with van der Waals surface area (Å²) in [5.41, 5.74) is -1.28. The molecule has 0 heterocycles. The van der Waals surface area contributed by atoms with Crippen molar-refractivity contribution in [2.24, 2.45) is 0 Å². The quantitative estimate of drug-likeness (QED) is 0.747. The van der Waals surface area contributed by atoms with Crippen LogP contribution in [0.2, 0.25) is 0 Å². The van der Waals surface area contributed by atoms with Crippen LogP contribution in [0.5, 0.6) is 5.75 Å². The summed E-state index contributed by atoms with van der Waals surface area (Å²) < 4.78 is 42.9. The molecule has 0 aliphatic carbocycles. The molecule has 0 aliphatic heterocycles. The van der Waals surface area contributed by atoms with Crippen molar-refractivity contribution in [2.75, 3.05) is 0 Å². The molecule has 0 atom stereocenters. The van der Waals surface area contributed by atoms with Gasteiger partial charge in [-0.15, -0.1) is 0 Å². The molecule has 1 aromatic carbocycles. The second kappa shape index (κ2) is 4.43. The monoisotopic (exact) mass is 244 g/mol. The van der Waals surface area contributed by atoms with Gasteiger partial charge in [0, 0.05) is 0 Å². The third kappa shape index (κ3) is 4.13. The first-order valence-electron chi connectivity index (χ1n) is 5.15. The molecule has 1 rings (SSSR count). The van der Waals surface area contributed by atoms with Crippen molar-refractivity contribution in [2.45, 2.75) is 32.5 Å². The van der Waals surface area contributed by atoms with E-state index in [2.05, 4.69) is 6.58 Å². The van der Waals surface area contributed by atoms with E-state index >= 15 is 0 Å². The highest BCUT2D eigenvalue weighted by molar-refractivity contribution is 5.68. The first kappa shape index (κ1) is 13.6. The molecule has 0 amide bonds. The van der Waals surface area contributed by atoms with Crippen molar-refractivity contribution in [1.82, 2.24) is 0 Å². The molecule has 0 fully saturated rings. The van der Waals surface area contributed by atoms with Crippen LogP contribution in [0.25, 0.3) is 5.57 Å². The zero-order valence-corrected chi connectivity index (χ0v) is 10.1. The highest BCUT2D eigenvalue weighted by Gasteiger charge is 2.33. The van der Waals surface area contributed by atoms with Crippen molar-refractivity contribution < 1.29 is 17.9 Å². The van der Waals surface area contributed by atoms with Crippen LogP contribution in [0, 0.1) is 0 Å². The van der Waals surface area contributed by atoms with Crippen LogP contribution in [0.4, 0.5) is 13.2 Å². The maximum Gasteiger partial charge on any atom is 0.416 e. The summed E-state index contributed by atoms with van der Waals surface area (Å²) >= 11 is 0. The number of halogens is 3. The fourth-order valence-corrected chi connectivity index (χ4v) is 1.26. The Morgan fingerprint density at radius 2 is 1.76 bits per heavy atom. The van der Waals surface area contributed by atoms with Crippen LogP contribution >= 0.6 is 0 Å². The van der Waals surface area contributed by atoms with Gasteiger partial charge < -0.3 is 4.74 Å². The third-order valence-corrected chi connectivity index (χ3v) is 1.95. The van der Waals surface area contributed by atoms with E-state index in [-0.39, 0.29) is 5.56 Å². The molecular formula is C13H15F3O. The number of hydrogen-bond acceptors (Lipinski definition) is 1. The molecule has 0 saturated heterocycles. The number of benzene rings is 1. The minimum absolute atomic E-state index is 0.0271. The molecule has 0 radical (unpaired) electrons. The van der Waals surface area contributed by atoms with Crippen LogP contribution < -0.4 is 4.74 Å². The van der Waals surface area contributed by atoms with E-state index in [1.807, 2.05) is 20.8 Å². The standard InChI is InChI=1S/C13H15F3O/c1-9(13(14,15)16)10-6-5-7-11(8-10)17-12(2,3)4/h5-8H,1H2,2-4H3. The lowest BCUT2D eigenvalue weighted by Gasteiger charge is -2.22. The molecule has 1 aromatic rings. The lowest BCUT2D eigenvalue weighted by atomic mass is 10.1. The van der Waals surface area contributed by atoms with Gasteiger partial charge in [-0.1, -0.05) is 18.7 Å². The van der Waals surface area contributed by atoms with Gasteiger partial charge >= 0.3 is 6.18 Å². The van der Waals surface area contributed by atoms with E-state index in [4.69, 9.17) is 4.74 Å². The van der Waals surface area contributed by atoms with Crippen molar-refractivity contribution in [3.05, 3.63) is 36.4 Å². The Hall–Kier alpha value is -1.45. The van der Waals surface area contributed by atoms with Gasteiger partial charge in [0.2, 0.25) is 0 Å². The largest absolute Gasteiger partial charge is 0.488 e. The highest BCUT2D eigenvalue weighted by Crippen LogP contribution is 2.33. The first-order chi connectivity index (χ1) is 7.59. The van der Waals surface area contributed by atoms with Gasteiger partial charge in [-0.2, -0.15) is 13.2 Å². The summed E-state index contributed by atoms with van der Waals surface area (Å²) in [4.78, 5) is 0. The second-order valence-electron chi connectivity index (χ2n) is 4.72. The molecule has 94 valence electrons. The van der Waals surface area contributed by atoms with Crippen LogP contribution in [0.15, 0.2) is 30.8 Å². The molecule has 0 aromatic heterocycles. The van der Waals surface area contributed by atoms with Crippen molar-refractivity contribution in [1.29, 1.82) is 0 Å². The molecule has 0 bridgehead atoms. The van der Waals surface area contributed by atoms with Gasteiger partial charge in [-0.25, -0.2) is 0 Å². The van der Waals surface area contributed by atoms with Gasteiger partial charge in [0.05, 0.1) is 5.57 Å². The van der Waals surface area contributed by atoms with Gasteiger partial charge in [0.25, 0.3) is 0 Å². The van der Waals surface area contributed by atoms with Crippen LogP contribution in [-0.4, -0.2) is 11.8 Å².